The lowest BCUT2D eigenvalue weighted by Gasteiger charge is -2.23. The number of carboxylic acids is 1. The summed E-state index contributed by atoms with van der Waals surface area (Å²) in [6.45, 7) is 3.69. The minimum Gasteiger partial charge on any atom is -0.481 e. The summed E-state index contributed by atoms with van der Waals surface area (Å²) in [5.41, 5.74) is 2.93. The predicted molar refractivity (Wildman–Crippen MR) is 93.6 cm³/mol. The van der Waals surface area contributed by atoms with Gasteiger partial charge in [0.25, 0.3) is 0 Å². The molecule has 0 spiro atoms. The van der Waals surface area contributed by atoms with E-state index in [-0.39, 0.29) is 12.3 Å². The summed E-state index contributed by atoms with van der Waals surface area (Å²) in [6, 6.07) is 16.6. The first kappa shape index (κ1) is 17.7. The van der Waals surface area contributed by atoms with Gasteiger partial charge in [-0.25, -0.2) is 0 Å². The molecular formula is C20H23NO3. The number of hydrogen-bond acceptors (Lipinski definition) is 2. The molecule has 0 saturated carbocycles. The second-order valence-electron chi connectivity index (χ2n) is 5.93. The van der Waals surface area contributed by atoms with Crippen molar-refractivity contribution in [2.75, 3.05) is 0 Å². The predicted octanol–water partition coefficient (Wildman–Crippen LogP) is 3.37. The van der Waals surface area contributed by atoms with Gasteiger partial charge in [0.1, 0.15) is 0 Å². The molecule has 2 N–H and O–H groups in total. The van der Waals surface area contributed by atoms with E-state index in [1.165, 1.54) is 5.56 Å². The molecule has 2 aromatic rings. The fraction of sp³-hybridized carbons (Fsp3) is 0.300. The molecule has 0 radical (unpaired) electrons. The molecule has 126 valence electrons. The van der Waals surface area contributed by atoms with E-state index in [0.29, 0.717) is 0 Å². The molecule has 1 amide bonds. The lowest BCUT2D eigenvalue weighted by atomic mass is 9.94. The van der Waals surface area contributed by atoms with Crippen LogP contribution in [0.2, 0.25) is 0 Å². The third-order valence-electron chi connectivity index (χ3n) is 4.16. The fourth-order valence-electron chi connectivity index (χ4n) is 2.60. The maximum atomic E-state index is 12.4. The second kappa shape index (κ2) is 8.29. The highest BCUT2D eigenvalue weighted by Gasteiger charge is 2.26. The third kappa shape index (κ3) is 4.69. The summed E-state index contributed by atoms with van der Waals surface area (Å²) in [4.78, 5) is 23.7. The molecule has 2 aromatic carbocycles. The summed E-state index contributed by atoms with van der Waals surface area (Å²) >= 11 is 0. The van der Waals surface area contributed by atoms with E-state index in [1.807, 2.05) is 54.6 Å². The van der Waals surface area contributed by atoms with Crippen LogP contribution >= 0.6 is 0 Å². The normalized spacial score (nSPS) is 13.1. The molecule has 0 bridgehead atoms. The Bertz CT molecular complexity index is 680. The first-order valence-corrected chi connectivity index (χ1v) is 8.16. The first-order chi connectivity index (χ1) is 11.5. The Morgan fingerprint density at radius 2 is 1.58 bits per heavy atom. The number of aryl methyl sites for hydroxylation is 1. The molecule has 4 nitrogen and oxygen atoms in total. The summed E-state index contributed by atoms with van der Waals surface area (Å²) in [6.07, 6.45) is 1.19. The molecule has 0 aromatic heterocycles. The lowest BCUT2D eigenvalue weighted by molar-refractivity contribution is -0.142. The van der Waals surface area contributed by atoms with Crippen LogP contribution in [0.4, 0.5) is 0 Å². The van der Waals surface area contributed by atoms with E-state index in [9.17, 15) is 14.7 Å². The fourth-order valence-corrected chi connectivity index (χ4v) is 2.60. The van der Waals surface area contributed by atoms with Gasteiger partial charge < -0.3 is 10.4 Å². The summed E-state index contributed by atoms with van der Waals surface area (Å²) in [7, 11) is 0. The molecule has 2 unspecified atom stereocenters. The van der Waals surface area contributed by atoms with Crippen molar-refractivity contribution in [3.05, 3.63) is 71.3 Å². The Labute approximate surface area is 142 Å². The molecule has 0 fully saturated rings. The van der Waals surface area contributed by atoms with Gasteiger partial charge in [0.2, 0.25) is 5.91 Å². The van der Waals surface area contributed by atoms with Crippen LogP contribution in [0.5, 0.6) is 0 Å². The standard InChI is InChI=1S/C20H23NO3/c1-3-15-9-11-16(12-10-15)13-18(22)21-19(14(2)20(23)24)17-7-5-4-6-8-17/h4-12,14,19H,3,13H2,1-2H3,(H,21,22)(H,23,24). The SMILES string of the molecule is CCc1ccc(CC(=O)NC(c2ccccc2)C(C)C(=O)O)cc1. The van der Waals surface area contributed by atoms with Gasteiger partial charge in [-0.1, -0.05) is 61.5 Å². The van der Waals surface area contributed by atoms with Crippen molar-refractivity contribution in [1.29, 1.82) is 0 Å². The van der Waals surface area contributed by atoms with Crippen LogP contribution in [-0.2, 0) is 22.4 Å². The molecule has 4 heteroatoms. The lowest BCUT2D eigenvalue weighted by Crippen LogP contribution is -2.36. The van der Waals surface area contributed by atoms with Crippen molar-refractivity contribution in [3.63, 3.8) is 0 Å². The molecule has 0 heterocycles. The highest BCUT2D eigenvalue weighted by molar-refractivity contribution is 5.80. The quantitative estimate of drug-likeness (QED) is 0.820. The minimum absolute atomic E-state index is 0.179. The average Bonchev–Trinajstić information content (AvgIpc) is 2.60. The smallest absolute Gasteiger partial charge is 0.308 e. The van der Waals surface area contributed by atoms with Crippen LogP contribution in [-0.4, -0.2) is 17.0 Å². The number of carboxylic acid groups (broad SMARTS) is 1. The van der Waals surface area contributed by atoms with Crippen molar-refractivity contribution in [2.24, 2.45) is 5.92 Å². The highest BCUT2D eigenvalue weighted by Crippen LogP contribution is 2.22. The van der Waals surface area contributed by atoms with E-state index >= 15 is 0 Å². The Kier molecular flexibility index (Phi) is 6.13. The topological polar surface area (TPSA) is 66.4 Å². The number of hydrogen-bond donors (Lipinski definition) is 2. The van der Waals surface area contributed by atoms with Crippen LogP contribution < -0.4 is 5.32 Å². The number of amides is 1. The molecular weight excluding hydrogens is 302 g/mol. The first-order valence-electron chi connectivity index (χ1n) is 8.16. The Balaban J connectivity index is 2.10. The Morgan fingerprint density at radius 3 is 2.12 bits per heavy atom. The monoisotopic (exact) mass is 325 g/mol. The zero-order valence-electron chi connectivity index (χ0n) is 14.0. The minimum atomic E-state index is -0.934. The molecule has 0 aliphatic rings. The van der Waals surface area contributed by atoms with Crippen molar-refractivity contribution >= 4 is 11.9 Å². The van der Waals surface area contributed by atoms with E-state index in [4.69, 9.17) is 0 Å². The second-order valence-corrected chi connectivity index (χ2v) is 5.93. The zero-order valence-corrected chi connectivity index (χ0v) is 14.0. The van der Waals surface area contributed by atoms with Crippen LogP contribution in [0.15, 0.2) is 54.6 Å². The maximum Gasteiger partial charge on any atom is 0.308 e. The van der Waals surface area contributed by atoms with Gasteiger partial charge in [-0.2, -0.15) is 0 Å². The van der Waals surface area contributed by atoms with Gasteiger partial charge in [-0.15, -0.1) is 0 Å². The summed E-state index contributed by atoms with van der Waals surface area (Å²) in [5, 5.41) is 12.2. The molecule has 0 aliphatic heterocycles. The Hall–Kier alpha value is -2.62. The number of rotatable bonds is 7. The van der Waals surface area contributed by atoms with Gasteiger partial charge in [-0.3, -0.25) is 9.59 Å². The van der Waals surface area contributed by atoms with E-state index in [1.54, 1.807) is 6.92 Å². The maximum absolute atomic E-state index is 12.4. The van der Waals surface area contributed by atoms with Crippen LogP contribution in [0.25, 0.3) is 0 Å². The van der Waals surface area contributed by atoms with Crippen molar-refractivity contribution < 1.29 is 14.7 Å². The molecule has 24 heavy (non-hydrogen) atoms. The average molecular weight is 325 g/mol. The van der Waals surface area contributed by atoms with Gasteiger partial charge in [0, 0.05) is 0 Å². The number of nitrogens with one attached hydrogen (secondary N) is 1. The third-order valence-corrected chi connectivity index (χ3v) is 4.16. The molecule has 0 aliphatic carbocycles. The van der Waals surface area contributed by atoms with Gasteiger partial charge in [-0.05, 0) is 30.0 Å². The number of carbonyl (C=O) groups is 2. The number of aliphatic carboxylic acids is 1. The van der Waals surface area contributed by atoms with Crippen molar-refractivity contribution in [2.45, 2.75) is 32.7 Å². The molecule has 2 atom stereocenters. The zero-order chi connectivity index (χ0) is 17.5. The number of carbonyl (C=O) groups excluding carboxylic acids is 1. The van der Waals surface area contributed by atoms with Gasteiger partial charge >= 0.3 is 5.97 Å². The van der Waals surface area contributed by atoms with E-state index in [2.05, 4.69) is 12.2 Å². The number of benzene rings is 2. The van der Waals surface area contributed by atoms with Crippen molar-refractivity contribution in [1.82, 2.24) is 5.32 Å². The highest BCUT2D eigenvalue weighted by atomic mass is 16.4. The van der Waals surface area contributed by atoms with E-state index < -0.39 is 17.9 Å². The Morgan fingerprint density at radius 1 is 1.00 bits per heavy atom. The summed E-state index contributed by atoms with van der Waals surface area (Å²) < 4.78 is 0. The van der Waals surface area contributed by atoms with Gasteiger partial charge in [0.15, 0.2) is 0 Å². The van der Waals surface area contributed by atoms with E-state index in [0.717, 1.165) is 17.5 Å². The molecule has 0 saturated heterocycles. The van der Waals surface area contributed by atoms with Gasteiger partial charge in [0.05, 0.1) is 18.4 Å². The van der Waals surface area contributed by atoms with Crippen LogP contribution in [0.3, 0.4) is 0 Å². The van der Waals surface area contributed by atoms with Crippen molar-refractivity contribution in [3.8, 4) is 0 Å². The van der Waals surface area contributed by atoms with Crippen LogP contribution in [0.1, 0.15) is 36.6 Å². The largest absolute Gasteiger partial charge is 0.481 e. The summed E-state index contributed by atoms with van der Waals surface area (Å²) in [5.74, 6) is -1.82. The molecule has 2 rings (SSSR count). The van der Waals surface area contributed by atoms with Crippen LogP contribution in [0, 0.1) is 5.92 Å².